The molecule has 18 heavy (non-hydrogen) atoms. The normalized spacial score (nSPS) is 18.9. The lowest BCUT2D eigenvalue weighted by Crippen LogP contribution is -2.50. The fourth-order valence-electron chi connectivity index (χ4n) is 2.29. The summed E-state index contributed by atoms with van der Waals surface area (Å²) in [5.74, 6) is 0.156. The molecule has 0 atom stereocenters. The van der Waals surface area contributed by atoms with E-state index < -0.39 is 0 Å². The lowest BCUT2D eigenvalue weighted by Gasteiger charge is -2.33. The Balaban J connectivity index is 2.26. The van der Waals surface area contributed by atoms with Crippen LogP contribution in [0.5, 0.6) is 0 Å². The molecule has 0 aliphatic carbocycles. The van der Waals surface area contributed by atoms with Crippen molar-refractivity contribution >= 4 is 5.91 Å². The summed E-state index contributed by atoms with van der Waals surface area (Å²) in [6, 6.07) is 0.640. The van der Waals surface area contributed by atoms with Crippen molar-refractivity contribution in [3.63, 3.8) is 0 Å². The molecule has 0 spiro atoms. The third-order valence-corrected chi connectivity index (χ3v) is 3.81. The molecule has 1 fully saturated rings. The van der Waals surface area contributed by atoms with Crippen molar-refractivity contribution in [1.82, 2.24) is 15.5 Å². The van der Waals surface area contributed by atoms with Gasteiger partial charge >= 0.3 is 0 Å². The molecule has 0 unspecified atom stereocenters. The Morgan fingerprint density at radius 2 is 1.89 bits per heavy atom. The van der Waals surface area contributed by atoms with Crippen LogP contribution in [0, 0.1) is 0 Å². The summed E-state index contributed by atoms with van der Waals surface area (Å²) in [5.41, 5.74) is -0.0842. The van der Waals surface area contributed by atoms with Crippen LogP contribution in [0.15, 0.2) is 0 Å². The standard InChI is InChI=1S/C14H29N3O/c1-5-14(3,4)16-13(18)11-17-9-7-12(8-10-17)15-6-2/h12,15H,5-11H2,1-4H3,(H,16,18). The Morgan fingerprint density at radius 3 is 2.39 bits per heavy atom. The highest BCUT2D eigenvalue weighted by Gasteiger charge is 2.22. The van der Waals surface area contributed by atoms with Gasteiger partial charge in [0.15, 0.2) is 0 Å². The van der Waals surface area contributed by atoms with Crippen LogP contribution in [0.3, 0.4) is 0 Å². The van der Waals surface area contributed by atoms with E-state index >= 15 is 0 Å². The number of nitrogens with one attached hydrogen (secondary N) is 2. The van der Waals surface area contributed by atoms with Gasteiger partial charge in [-0.15, -0.1) is 0 Å². The number of amides is 1. The first kappa shape index (κ1) is 15.4. The highest BCUT2D eigenvalue weighted by atomic mass is 16.2. The summed E-state index contributed by atoms with van der Waals surface area (Å²) in [5, 5.41) is 6.57. The molecule has 0 saturated carbocycles. The molecule has 0 radical (unpaired) electrons. The molecule has 1 aliphatic heterocycles. The number of piperidine rings is 1. The average molecular weight is 255 g/mol. The van der Waals surface area contributed by atoms with Gasteiger partial charge in [0.05, 0.1) is 6.54 Å². The fourth-order valence-corrected chi connectivity index (χ4v) is 2.29. The molecule has 2 N–H and O–H groups in total. The zero-order valence-electron chi connectivity index (χ0n) is 12.4. The van der Waals surface area contributed by atoms with Crippen LogP contribution in [-0.2, 0) is 4.79 Å². The second-order valence-corrected chi connectivity index (χ2v) is 5.89. The summed E-state index contributed by atoms with van der Waals surface area (Å²) in [4.78, 5) is 14.2. The van der Waals surface area contributed by atoms with E-state index in [0.717, 1.165) is 38.9 Å². The zero-order chi connectivity index (χ0) is 13.6. The van der Waals surface area contributed by atoms with Crippen LogP contribution in [-0.4, -0.2) is 48.6 Å². The number of rotatable bonds is 6. The summed E-state index contributed by atoms with van der Waals surface area (Å²) in [7, 11) is 0. The Labute approximate surface area is 111 Å². The fraction of sp³-hybridized carbons (Fsp3) is 0.929. The van der Waals surface area contributed by atoms with Crippen molar-refractivity contribution in [2.24, 2.45) is 0 Å². The number of carbonyl (C=O) groups is 1. The Bertz CT molecular complexity index is 258. The molecule has 106 valence electrons. The van der Waals surface area contributed by atoms with Crippen molar-refractivity contribution < 1.29 is 4.79 Å². The highest BCUT2D eigenvalue weighted by Crippen LogP contribution is 2.11. The number of likely N-dealkylation sites (tertiary alicyclic amines) is 1. The van der Waals surface area contributed by atoms with Crippen molar-refractivity contribution in [1.29, 1.82) is 0 Å². The van der Waals surface area contributed by atoms with Gasteiger partial charge in [0.25, 0.3) is 0 Å². The number of nitrogens with zero attached hydrogens (tertiary/aromatic N) is 1. The molecular formula is C14H29N3O. The first-order valence-electron chi connectivity index (χ1n) is 7.23. The Kier molecular flexibility index (Phi) is 6.09. The molecule has 0 aromatic heterocycles. The van der Waals surface area contributed by atoms with Crippen molar-refractivity contribution in [3.05, 3.63) is 0 Å². The van der Waals surface area contributed by atoms with E-state index in [1.165, 1.54) is 0 Å². The van der Waals surface area contributed by atoms with Gasteiger partial charge in [-0.1, -0.05) is 13.8 Å². The molecule has 1 saturated heterocycles. The van der Waals surface area contributed by atoms with Crippen LogP contribution in [0.4, 0.5) is 0 Å². The molecule has 0 aromatic carbocycles. The van der Waals surface area contributed by atoms with Gasteiger partial charge < -0.3 is 10.6 Å². The molecule has 4 heteroatoms. The number of carbonyl (C=O) groups excluding carboxylic acids is 1. The van der Waals surface area contributed by atoms with Gasteiger partial charge in [-0.05, 0) is 39.7 Å². The largest absolute Gasteiger partial charge is 0.350 e. The Morgan fingerprint density at radius 1 is 1.28 bits per heavy atom. The molecule has 4 nitrogen and oxygen atoms in total. The first-order valence-corrected chi connectivity index (χ1v) is 7.23. The van der Waals surface area contributed by atoms with Crippen LogP contribution in [0.2, 0.25) is 0 Å². The number of hydrogen-bond donors (Lipinski definition) is 2. The maximum absolute atomic E-state index is 11.9. The third-order valence-electron chi connectivity index (χ3n) is 3.81. The topological polar surface area (TPSA) is 44.4 Å². The summed E-state index contributed by atoms with van der Waals surface area (Å²) in [6.45, 7) is 12.0. The second kappa shape index (κ2) is 7.10. The van der Waals surface area contributed by atoms with Gasteiger partial charge in [0.2, 0.25) is 5.91 Å². The van der Waals surface area contributed by atoms with E-state index in [1.54, 1.807) is 0 Å². The van der Waals surface area contributed by atoms with E-state index in [4.69, 9.17) is 0 Å². The predicted molar refractivity (Wildman–Crippen MR) is 75.7 cm³/mol. The van der Waals surface area contributed by atoms with Crippen LogP contribution in [0.25, 0.3) is 0 Å². The molecule has 1 aliphatic rings. The first-order chi connectivity index (χ1) is 8.46. The van der Waals surface area contributed by atoms with E-state index in [0.29, 0.717) is 12.6 Å². The molecular weight excluding hydrogens is 226 g/mol. The van der Waals surface area contributed by atoms with Gasteiger partial charge in [-0.3, -0.25) is 9.69 Å². The molecule has 1 heterocycles. The van der Waals surface area contributed by atoms with Crippen molar-refractivity contribution in [3.8, 4) is 0 Å². The van der Waals surface area contributed by atoms with Crippen molar-refractivity contribution in [2.75, 3.05) is 26.2 Å². The average Bonchev–Trinajstić information content (AvgIpc) is 2.31. The lowest BCUT2D eigenvalue weighted by molar-refractivity contribution is -0.124. The van der Waals surface area contributed by atoms with Crippen LogP contribution >= 0.6 is 0 Å². The lowest BCUT2D eigenvalue weighted by atomic mass is 10.0. The summed E-state index contributed by atoms with van der Waals surface area (Å²) in [6.07, 6.45) is 3.26. The third kappa shape index (κ3) is 5.36. The quantitative estimate of drug-likeness (QED) is 0.753. The molecule has 1 amide bonds. The summed E-state index contributed by atoms with van der Waals surface area (Å²) >= 11 is 0. The molecule has 0 aromatic rings. The summed E-state index contributed by atoms with van der Waals surface area (Å²) < 4.78 is 0. The minimum absolute atomic E-state index is 0.0842. The van der Waals surface area contributed by atoms with E-state index in [2.05, 4.69) is 43.2 Å². The molecule has 0 bridgehead atoms. The van der Waals surface area contributed by atoms with Gasteiger partial charge in [0, 0.05) is 24.7 Å². The number of hydrogen-bond acceptors (Lipinski definition) is 3. The van der Waals surface area contributed by atoms with Gasteiger partial charge in [-0.25, -0.2) is 0 Å². The zero-order valence-corrected chi connectivity index (χ0v) is 12.4. The monoisotopic (exact) mass is 255 g/mol. The Hall–Kier alpha value is -0.610. The van der Waals surface area contributed by atoms with Crippen LogP contribution in [0.1, 0.15) is 47.0 Å². The SMILES string of the molecule is CCNC1CCN(CC(=O)NC(C)(C)CC)CC1. The van der Waals surface area contributed by atoms with E-state index in [1.807, 2.05) is 0 Å². The predicted octanol–water partition coefficient (Wildman–Crippen LogP) is 1.37. The maximum atomic E-state index is 11.9. The smallest absolute Gasteiger partial charge is 0.234 e. The maximum Gasteiger partial charge on any atom is 0.234 e. The van der Waals surface area contributed by atoms with E-state index in [-0.39, 0.29) is 11.4 Å². The van der Waals surface area contributed by atoms with Gasteiger partial charge in [0.1, 0.15) is 0 Å². The van der Waals surface area contributed by atoms with Gasteiger partial charge in [-0.2, -0.15) is 0 Å². The second-order valence-electron chi connectivity index (χ2n) is 5.89. The van der Waals surface area contributed by atoms with Crippen LogP contribution < -0.4 is 10.6 Å². The van der Waals surface area contributed by atoms with Crippen molar-refractivity contribution in [2.45, 2.75) is 58.5 Å². The molecule has 1 rings (SSSR count). The minimum atomic E-state index is -0.0842. The highest BCUT2D eigenvalue weighted by molar-refractivity contribution is 5.78. The van der Waals surface area contributed by atoms with E-state index in [9.17, 15) is 4.79 Å². The minimum Gasteiger partial charge on any atom is -0.350 e.